The molecule has 1 unspecified atom stereocenters. The molecule has 0 fully saturated rings. The molecule has 3 nitrogen and oxygen atoms in total. The average molecular weight is 425 g/mol. The van der Waals surface area contributed by atoms with E-state index in [4.69, 9.17) is 0 Å². The van der Waals surface area contributed by atoms with Crippen molar-refractivity contribution in [2.24, 2.45) is 0 Å². The van der Waals surface area contributed by atoms with Crippen molar-refractivity contribution in [3.63, 3.8) is 0 Å². The van der Waals surface area contributed by atoms with Gasteiger partial charge in [-0.25, -0.2) is 0 Å². The molecule has 0 aliphatic heterocycles. The summed E-state index contributed by atoms with van der Waals surface area (Å²) in [6.07, 6.45) is 3.00. The maximum atomic E-state index is 13.2. The van der Waals surface area contributed by atoms with Crippen molar-refractivity contribution in [2.75, 3.05) is 0 Å². The number of nitrogens with zero attached hydrogens (tertiary/aromatic N) is 2. The molecule has 0 radical (unpaired) electrons. The molecule has 1 aromatic heterocycles. The Hall–Kier alpha value is -2.33. The van der Waals surface area contributed by atoms with Crippen LogP contribution >= 0.6 is 15.9 Å². The van der Waals surface area contributed by atoms with E-state index in [0.717, 1.165) is 23.1 Å². The van der Waals surface area contributed by atoms with Crippen molar-refractivity contribution in [1.29, 1.82) is 0 Å². The van der Waals surface area contributed by atoms with Crippen LogP contribution < -0.4 is 0 Å². The van der Waals surface area contributed by atoms with Gasteiger partial charge in [0.2, 0.25) is 0 Å². The SMILES string of the molecule is CCC(C)N(Cc1cccn1Cc1ccccc1)C(=O)c1ccccc1Br. The van der Waals surface area contributed by atoms with Crippen molar-refractivity contribution in [3.05, 3.63) is 94.2 Å². The van der Waals surface area contributed by atoms with Crippen molar-refractivity contribution in [2.45, 2.75) is 39.4 Å². The van der Waals surface area contributed by atoms with E-state index in [9.17, 15) is 4.79 Å². The van der Waals surface area contributed by atoms with Gasteiger partial charge in [-0.15, -0.1) is 0 Å². The van der Waals surface area contributed by atoms with Gasteiger partial charge in [0.1, 0.15) is 0 Å². The number of amides is 1. The minimum atomic E-state index is 0.0595. The Morgan fingerprint density at radius 2 is 1.74 bits per heavy atom. The smallest absolute Gasteiger partial charge is 0.255 e. The van der Waals surface area contributed by atoms with Crippen molar-refractivity contribution in [1.82, 2.24) is 9.47 Å². The van der Waals surface area contributed by atoms with Gasteiger partial charge >= 0.3 is 0 Å². The maximum Gasteiger partial charge on any atom is 0.255 e. The average Bonchev–Trinajstić information content (AvgIpc) is 3.13. The molecular weight excluding hydrogens is 400 g/mol. The van der Waals surface area contributed by atoms with Crippen LogP contribution in [0.5, 0.6) is 0 Å². The second-order valence-electron chi connectivity index (χ2n) is 6.78. The van der Waals surface area contributed by atoms with E-state index >= 15 is 0 Å². The highest BCUT2D eigenvalue weighted by atomic mass is 79.9. The van der Waals surface area contributed by atoms with Crippen LogP contribution in [0.1, 0.15) is 41.9 Å². The molecule has 1 heterocycles. The van der Waals surface area contributed by atoms with E-state index in [0.29, 0.717) is 12.1 Å². The summed E-state index contributed by atoms with van der Waals surface area (Å²) >= 11 is 3.52. The lowest BCUT2D eigenvalue weighted by Gasteiger charge is -2.29. The number of rotatable bonds is 7. The summed E-state index contributed by atoms with van der Waals surface area (Å²) in [6.45, 7) is 5.63. The number of halogens is 1. The summed E-state index contributed by atoms with van der Waals surface area (Å²) in [6, 6.07) is 22.3. The highest BCUT2D eigenvalue weighted by Gasteiger charge is 2.23. The molecule has 0 aliphatic rings. The second-order valence-corrected chi connectivity index (χ2v) is 7.64. The van der Waals surface area contributed by atoms with Crippen LogP contribution in [-0.4, -0.2) is 21.4 Å². The molecule has 1 atom stereocenters. The van der Waals surface area contributed by atoms with Crippen LogP contribution in [-0.2, 0) is 13.1 Å². The molecule has 0 N–H and O–H groups in total. The van der Waals surface area contributed by atoms with E-state index in [1.165, 1.54) is 5.56 Å². The highest BCUT2D eigenvalue weighted by molar-refractivity contribution is 9.10. The molecule has 27 heavy (non-hydrogen) atoms. The second kappa shape index (κ2) is 9.05. The summed E-state index contributed by atoms with van der Waals surface area (Å²) in [5.41, 5.74) is 3.10. The quantitative estimate of drug-likeness (QED) is 0.474. The molecule has 2 aromatic carbocycles. The summed E-state index contributed by atoms with van der Waals surface area (Å²) in [4.78, 5) is 15.2. The third-order valence-electron chi connectivity index (χ3n) is 4.94. The lowest BCUT2D eigenvalue weighted by molar-refractivity contribution is 0.0666. The molecular formula is C23H25BrN2O. The number of benzene rings is 2. The van der Waals surface area contributed by atoms with E-state index in [2.05, 4.69) is 76.9 Å². The molecule has 4 heteroatoms. The summed E-state index contributed by atoms with van der Waals surface area (Å²) in [7, 11) is 0. The van der Waals surface area contributed by atoms with Gasteiger partial charge in [0, 0.05) is 29.0 Å². The maximum absolute atomic E-state index is 13.2. The first-order valence-electron chi connectivity index (χ1n) is 9.33. The summed E-state index contributed by atoms with van der Waals surface area (Å²) in [5, 5.41) is 0. The zero-order chi connectivity index (χ0) is 19.2. The van der Waals surface area contributed by atoms with Gasteiger partial charge in [-0.2, -0.15) is 0 Å². The Labute approximate surface area is 169 Å². The lowest BCUT2D eigenvalue weighted by atomic mass is 10.1. The molecule has 0 saturated carbocycles. The fraction of sp³-hybridized carbons (Fsp3) is 0.261. The molecule has 0 bridgehead atoms. The van der Waals surface area contributed by atoms with Crippen LogP contribution in [0.3, 0.4) is 0 Å². The number of hydrogen-bond donors (Lipinski definition) is 0. The summed E-state index contributed by atoms with van der Waals surface area (Å²) < 4.78 is 3.06. The molecule has 140 valence electrons. The van der Waals surface area contributed by atoms with Gasteiger partial charge in [-0.3, -0.25) is 4.79 Å². The summed E-state index contributed by atoms with van der Waals surface area (Å²) in [5.74, 6) is 0.0595. The third kappa shape index (κ3) is 4.69. The molecule has 0 aliphatic carbocycles. The number of hydrogen-bond acceptors (Lipinski definition) is 1. The van der Waals surface area contributed by atoms with Gasteiger partial charge < -0.3 is 9.47 Å². The van der Waals surface area contributed by atoms with Crippen LogP contribution in [0.25, 0.3) is 0 Å². The molecule has 3 rings (SSSR count). The fourth-order valence-corrected chi connectivity index (χ4v) is 3.59. The van der Waals surface area contributed by atoms with Crippen molar-refractivity contribution in [3.8, 4) is 0 Å². The first-order valence-corrected chi connectivity index (χ1v) is 10.1. The molecule has 1 amide bonds. The molecule has 3 aromatic rings. The van der Waals surface area contributed by atoms with Gasteiger partial charge in [-0.05, 0) is 59.1 Å². The first-order chi connectivity index (χ1) is 13.1. The Kier molecular flexibility index (Phi) is 6.51. The predicted molar refractivity (Wildman–Crippen MR) is 114 cm³/mol. The number of carbonyl (C=O) groups is 1. The van der Waals surface area contributed by atoms with Crippen LogP contribution in [0, 0.1) is 0 Å². The standard InChI is InChI=1S/C23H25BrN2O/c1-3-18(2)26(23(27)21-13-7-8-14-22(21)24)17-20-12-9-15-25(20)16-19-10-5-4-6-11-19/h4-15,18H,3,16-17H2,1-2H3. The van der Waals surface area contributed by atoms with Gasteiger partial charge in [0.05, 0.1) is 12.1 Å². The first kappa shape index (κ1) is 19.4. The molecule has 0 spiro atoms. The predicted octanol–water partition coefficient (Wildman–Crippen LogP) is 5.74. The zero-order valence-electron chi connectivity index (χ0n) is 15.8. The third-order valence-corrected chi connectivity index (χ3v) is 5.63. The van der Waals surface area contributed by atoms with E-state index in [1.54, 1.807) is 0 Å². The van der Waals surface area contributed by atoms with E-state index in [-0.39, 0.29) is 11.9 Å². The molecule has 0 saturated heterocycles. The zero-order valence-corrected chi connectivity index (χ0v) is 17.4. The Morgan fingerprint density at radius 1 is 1.04 bits per heavy atom. The largest absolute Gasteiger partial charge is 0.345 e. The Morgan fingerprint density at radius 3 is 2.44 bits per heavy atom. The minimum Gasteiger partial charge on any atom is -0.345 e. The van der Waals surface area contributed by atoms with Crippen LogP contribution in [0.2, 0.25) is 0 Å². The van der Waals surface area contributed by atoms with Crippen LogP contribution in [0.15, 0.2) is 77.4 Å². The number of carbonyl (C=O) groups excluding carboxylic acids is 1. The normalized spacial score (nSPS) is 12.0. The lowest BCUT2D eigenvalue weighted by Crippen LogP contribution is -2.38. The van der Waals surface area contributed by atoms with E-state index in [1.807, 2.05) is 35.2 Å². The van der Waals surface area contributed by atoms with E-state index < -0.39 is 0 Å². The van der Waals surface area contributed by atoms with Gasteiger partial charge in [-0.1, -0.05) is 49.4 Å². The van der Waals surface area contributed by atoms with Gasteiger partial charge in [0.25, 0.3) is 5.91 Å². The van der Waals surface area contributed by atoms with Crippen molar-refractivity contribution < 1.29 is 4.79 Å². The Balaban J connectivity index is 1.85. The minimum absolute atomic E-state index is 0.0595. The topological polar surface area (TPSA) is 25.2 Å². The van der Waals surface area contributed by atoms with Crippen LogP contribution in [0.4, 0.5) is 0 Å². The van der Waals surface area contributed by atoms with Crippen molar-refractivity contribution >= 4 is 21.8 Å². The number of aromatic nitrogens is 1. The highest BCUT2D eigenvalue weighted by Crippen LogP contribution is 2.22. The Bertz CT molecular complexity index is 888. The monoisotopic (exact) mass is 424 g/mol. The van der Waals surface area contributed by atoms with Gasteiger partial charge in [0.15, 0.2) is 0 Å². The fourth-order valence-electron chi connectivity index (χ4n) is 3.14.